The Balaban J connectivity index is 2.49. The molecule has 0 N–H and O–H groups in total. The van der Waals surface area contributed by atoms with Crippen LogP contribution < -0.4 is 4.74 Å². The van der Waals surface area contributed by atoms with Crippen molar-refractivity contribution in [3.05, 3.63) is 29.8 Å². The molecule has 0 saturated heterocycles. The van der Waals surface area contributed by atoms with Crippen molar-refractivity contribution in [1.29, 1.82) is 0 Å². The lowest BCUT2D eigenvalue weighted by molar-refractivity contribution is 0.112. The third-order valence-corrected chi connectivity index (χ3v) is 5.39. The maximum absolute atomic E-state index is 12.4. The van der Waals surface area contributed by atoms with E-state index in [-0.39, 0.29) is 0 Å². The molecule has 0 bridgehead atoms. The Labute approximate surface area is 138 Å². The van der Waals surface area contributed by atoms with E-state index in [1.165, 1.54) is 0 Å². The van der Waals surface area contributed by atoms with E-state index in [1.54, 1.807) is 14.0 Å². The molecule has 0 spiro atoms. The van der Waals surface area contributed by atoms with Crippen LogP contribution in [0.3, 0.4) is 0 Å². The molecule has 0 radical (unpaired) electrons. The first-order valence-corrected chi connectivity index (χ1v) is 9.32. The second kappa shape index (κ2) is 7.31. The summed E-state index contributed by atoms with van der Waals surface area (Å²) < 4.78 is 39.6. The van der Waals surface area contributed by atoms with E-state index in [9.17, 15) is 8.42 Å². The highest BCUT2D eigenvalue weighted by Crippen LogP contribution is 2.36. The summed E-state index contributed by atoms with van der Waals surface area (Å²) in [7, 11) is -2.09. The molecule has 2 rings (SSSR count). The van der Waals surface area contributed by atoms with Gasteiger partial charge in [0.15, 0.2) is 5.44 Å². The summed E-state index contributed by atoms with van der Waals surface area (Å²) in [5.41, 5.74) is -0.118. The summed E-state index contributed by atoms with van der Waals surface area (Å²) in [6.45, 7) is 7.45. The second-order valence-corrected chi connectivity index (χ2v) is 6.89. The average molecular weight is 340 g/mol. The molecular weight excluding hydrogens is 316 g/mol. The Morgan fingerprint density at radius 2 is 1.74 bits per heavy atom. The predicted molar refractivity (Wildman–Crippen MR) is 90.4 cm³/mol. The Morgan fingerprint density at radius 1 is 1.13 bits per heavy atom. The van der Waals surface area contributed by atoms with Gasteiger partial charge in [-0.15, -0.1) is 4.40 Å². The predicted octanol–water partition coefficient (Wildman–Crippen LogP) is 2.23. The SMILES string of the molecule is CCO[C@@H]1[C@@H](c2ccc(OC)cc2)C(N(CC)CC)=NS1(=O)=O. The molecular formula is C16H24N2O4S. The lowest BCUT2D eigenvalue weighted by atomic mass is 9.97. The number of hydrogen-bond acceptors (Lipinski definition) is 5. The first-order chi connectivity index (χ1) is 11.0. The molecule has 23 heavy (non-hydrogen) atoms. The zero-order valence-electron chi connectivity index (χ0n) is 14.0. The number of likely N-dealkylation sites (N-methyl/N-ethyl adjacent to an activating group) is 1. The molecule has 0 aromatic heterocycles. The fourth-order valence-electron chi connectivity index (χ4n) is 2.80. The summed E-state index contributed by atoms with van der Waals surface area (Å²) in [4.78, 5) is 1.96. The molecule has 1 heterocycles. The van der Waals surface area contributed by atoms with Gasteiger partial charge >= 0.3 is 0 Å². The van der Waals surface area contributed by atoms with Gasteiger partial charge in [0.05, 0.1) is 13.0 Å². The van der Waals surface area contributed by atoms with Crippen LogP contribution >= 0.6 is 0 Å². The first-order valence-electron chi connectivity index (χ1n) is 7.82. The highest BCUT2D eigenvalue weighted by atomic mass is 32.2. The molecule has 0 aliphatic carbocycles. The topological polar surface area (TPSA) is 68.2 Å². The number of hydrogen-bond donors (Lipinski definition) is 0. The molecule has 0 amide bonds. The number of nitrogens with zero attached hydrogens (tertiary/aromatic N) is 2. The van der Waals surface area contributed by atoms with Crippen molar-refractivity contribution in [2.75, 3.05) is 26.8 Å². The lowest BCUT2D eigenvalue weighted by Gasteiger charge is -2.27. The molecule has 6 nitrogen and oxygen atoms in total. The van der Waals surface area contributed by atoms with Gasteiger partial charge in [-0.2, -0.15) is 0 Å². The van der Waals surface area contributed by atoms with Crippen LogP contribution in [0.25, 0.3) is 0 Å². The molecule has 1 aromatic rings. The zero-order valence-corrected chi connectivity index (χ0v) is 14.8. The third kappa shape index (κ3) is 3.50. The van der Waals surface area contributed by atoms with Crippen LogP contribution in [0.2, 0.25) is 0 Å². The molecule has 2 atom stereocenters. The molecule has 1 aliphatic rings. The molecule has 0 fully saturated rings. The summed E-state index contributed by atoms with van der Waals surface area (Å²) in [5.74, 6) is 0.855. The van der Waals surface area contributed by atoms with Crippen molar-refractivity contribution in [3.63, 3.8) is 0 Å². The monoisotopic (exact) mass is 340 g/mol. The van der Waals surface area contributed by atoms with E-state index in [0.717, 1.165) is 11.3 Å². The zero-order chi connectivity index (χ0) is 17.0. The average Bonchev–Trinajstić information content (AvgIpc) is 2.80. The number of methoxy groups -OCH3 is 1. The Kier molecular flexibility index (Phi) is 5.64. The first kappa shape index (κ1) is 17.7. The minimum absolute atomic E-state index is 0.317. The van der Waals surface area contributed by atoms with E-state index in [4.69, 9.17) is 9.47 Å². The van der Waals surface area contributed by atoms with Gasteiger partial charge in [0.25, 0.3) is 10.0 Å². The Hall–Kier alpha value is -1.60. The van der Waals surface area contributed by atoms with Gasteiger partial charge in [0.1, 0.15) is 11.6 Å². The maximum Gasteiger partial charge on any atom is 0.283 e. The van der Waals surface area contributed by atoms with Crippen LogP contribution in [0.5, 0.6) is 5.75 Å². The number of amidine groups is 1. The molecule has 7 heteroatoms. The van der Waals surface area contributed by atoms with Gasteiger partial charge in [-0.1, -0.05) is 12.1 Å². The second-order valence-electron chi connectivity index (χ2n) is 5.21. The normalized spacial score (nSPS) is 22.7. The summed E-state index contributed by atoms with van der Waals surface area (Å²) >= 11 is 0. The minimum atomic E-state index is -3.68. The van der Waals surface area contributed by atoms with Gasteiger partial charge in [-0.25, -0.2) is 8.42 Å². The van der Waals surface area contributed by atoms with Crippen LogP contribution in [-0.2, 0) is 14.8 Å². The highest BCUT2D eigenvalue weighted by molar-refractivity contribution is 7.91. The number of ether oxygens (including phenoxy) is 2. The van der Waals surface area contributed by atoms with Crippen molar-refractivity contribution < 1.29 is 17.9 Å². The van der Waals surface area contributed by atoms with Crippen LogP contribution in [0.1, 0.15) is 32.3 Å². The van der Waals surface area contributed by atoms with Gasteiger partial charge in [-0.05, 0) is 38.5 Å². The lowest BCUT2D eigenvalue weighted by Crippen LogP contribution is -2.37. The van der Waals surface area contributed by atoms with Crippen LogP contribution in [-0.4, -0.2) is 51.4 Å². The number of sulfonamides is 1. The Morgan fingerprint density at radius 3 is 2.22 bits per heavy atom. The fraction of sp³-hybridized carbons (Fsp3) is 0.562. The van der Waals surface area contributed by atoms with E-state index in [1.807, 2.05) is 43.0 Å². The van der Waals surface area contributed by atoms with Crippen molar-refractivity contribution in [2.45, 2.75) is 32.1 Å². The molecule has 0 saturated carbocycles. The highest BCUT2D eigenvalue weighted by Gasteiger charge is 2.46. The van der Waals surface area contributed by atoms with Gasteiger partial charge in [0, 0.05) is 19.7 Å². The van der Waals surface area contributed by atoms with Crippen molar-refractivity contribution in [1.82, 2.24) is 4.90 Å². The van der Waals surface area contributed by atoms with Crippen molar-refractivity contribution in [3.8, 4) is 5.75 Å². The van der Waals surface area contributed by atoms with Crippen LogP contribution in [0, 0.1) is 0 Å². The quantitative estimate of drug-likeness (QED) is 0.794. The Bertz CT molecular complexity index is 651. The third-order valence-electron chi connectivity index (χ3n) is 3.96. The standard InChI is InChI=1S/C16H24N2O4S/c1-5-18(6-2)15-14(12-8-10-13(21-4)11-9-12)16(22-7-3)23(19,20)17-15/h8-11,14,16H,5-7H2,1-4H3/t14-,16-/m0/s1. The largest absolute Gasteiger partial charge is 0.497 e. The van der Waals surface area contributed by atoms with Gasteiger partial charge in [-0.3, -0.25) is 0 Å². The van der Waals surface area contributed by atoms with Crippen LogP contribution in [0.15, 0.2) is 28.7 Å². The summed E-state index contributed by atoms with van der Waals surface area (Å²) in [6, 6.07) is 7.39. The molecule has 0 unspecified atom stereocenters. The summed E-state index contributed by atoms with van der Waals surface area (Å²) in [5, 5.41) is 0. The van der Waals surface area contributed by atoms with E-state index in [2.05, 4.69) is 4.40 Å². The molecule has 1 aliphatic heterocycles. The fourth-order valence-corrected chi connectivity index (χ4v) is 4.32. The van der Waals surface area contributed by atoms with Gasteiger partial charge in [0.2, 0.25) is 0 Å². The van der Waals surface area contributed by atoms with E-state index < -0.39 is 21.4 Å². The van der Waals surface area contributed by atoms with E-state index >= 15 is 0 Å². The smallest absolute Gasteiger partial charge is 0.283 e. The van der Waals surface area contributed by atoms with Crippen molar-refractivity contribution >= 4 is 15.9 Å². The summed E-state index contributed by atoms with van der Waals surface area (Å²) in [6.07, 6.45) is 0. The van der Waals surface area contributed by atoms with E-state index in [0.29, 0.717) is 25.5 Å². The van der Waals surface area contributed by atoms with Crippen molar-refractivity contribution in [2.24, 2.45) is 4.40 Å². The molecule has 1 aromatic carbocycles. The minimum Gasteiger partial charge on any atom is -0.497 e. The number of rotatable bonds is 6. The van der Waals surface area contributed by atoms with Gasteiger partial charge < -0.3 is 14.4 Å². The molecule has 128 valence electrons. The number of benzene rings is 1. The van der Waals surface area contributed by atoms with Crippen LogP contribution in [0.4, 0.5) is 0 Å². The maximum atomic E-state index is 12.4.